The fourth-order valence-corrected chi connectivity index (χ4v) is 6.26. The van der Waals surface area contributed by atoms with Crippen LogP contribution < -0.4 is 16.0 Å². The average Bonchev–Trinajstić information content (AvgIpc) is 2.61. The number of aromatic amines is 1. The molecule has 1 aromatic heterocycles. The van der Waals surface area contributed by atoms with Crippen LogP contribution in [-0.4, -0.2) is 46.7 Å². The molecule has 3 N–H and O–H groups in total. The predicted molar refractivity (Wildman–Crippen MR) is 107 cm³/mol. The molecule has 1 fully saturated rings. The highest BCUT2D eigenvalue weighted by Crippen LogP contribution is 2.38. The Morgan fingerprint density at radius 3 is 2.54 bits per heavy atom. The van der Waals surface area contributed by atoms with Crippen molar-refractivity contribution in [2.24, 2.45) is 5.73 Å². The first-order chi connectivity index (χ1) is 13.1. The standard InChI is InChI=1S/C18H21N3O5S2/c1-18(2)16(17(19)23)21(9-10-27-18)28(24,25)14-5-3-12(4-6-14)26-13-7-8-20-15(22)11-13/h3-8,11,16H,9-10H2,1-2H3,(H2,19,23)(H,20,22). The number of primary amides is 1. The van der Waals surface area contributed by atoms with Gasteiger partial charge in [0.15, 0.2) is 0 Å². The molecule has 1 atom stereocenters. The topological polar surface area (TPSA) is 123 Å². The third-order valence-corrected chi connectivity index (χ3v) is 7.65. The number of ether oxygens (including phenoxy) is 1. The number of pyridine rings is 1. The van der Waals surface area contributed by atoms with Crippen molar-refractivity contribution < 1.29 is 17.9 Å². The van der Waals surface area contributed by atoms with Crippen molar-refractivity contribution in [3.8, 4) is 11.5 Å². The van der Waals surface area contributed by atoms with Gasteiger partial charge >= 0.3 is 0 Å². The van der Waals surface area contributed by atoms with E-state index in [4.69, 9.17) is 10.5 Å². The van der Waals surface area contributed by atoms with Gasteiger partial charge in [0.05, 0.1) is 4.90 Å². The summed E-state index contributed by atoms with van der Waals surface area (Å²) >= 11 is 1.52. The number of H-pyrrole nitrogens is 1. The molecule has 0 bridgehead atoms. The zero-order valence-corrected chi connectivity index (χ0v) is 17.0. The monoisotopic (exact) mass is 423 g/mol. The van der Waals surface area contributed by atoms with Gasteiger partial charge in [-0.2, -0.15) is 16.1 Å². The van der Waals surface area contributed by atoms with E-state index in [9.17, 15) is 18.0 Å². The normalized spacial score (nSPS) is 19.9. The van der Waals surface area contributed by atoms with Gasteiger partial charge in [-0.05, 0) is 44.2 Å². The van der Waals surface area contributed by atoms with Crippen LogP contribution >= 0.6 is 11.8 Å². The number of sulfonamides is 1. The molecule has 1 aliphatic heterocycles. The van der Waals surface area contributed by atoms with Crippen molar-refractivity contribution in [2.45, 2.75) is 29.5 Å². The van der Waals surface area contributed by atoms with E-state index in [0.29, 0.717) is 17.3 Å². The van der Waals surface area contributed by atoms with E-state index in [2.05, 4.69) is 4.98 Å². The molecule has 0 radical (unpaired) electrons. The van der Waals surface area contributed by atoms with E-state index in [-0.39, 0.29) is 17.0 Å². The Hall–Kier alpha value is -2.30. The summed E-state index contributed by atoms with van der Waals surface area (Å²) in [5, 5.41) is 0. The highest BCUT2D eigenvalue weighted by atomic mass is 32.2. The Morgan fingerprint density at radius 2 is 1.93 bits per heavy atom. The summed E-state index contributed by atoms with van der Waals surface area (Å²) in [7, 11) is -3.91. The molecule has 1 aromatic carbocycles. The molecule has 150 valence electrons. The van der Waals surface area contributed by atoms with Crippen LogP contribution in [-0.2, 0) is 14.8 Å². The zero-order chi connectivity index (χ0) is 20.5. The van der Waals surface area contributed by atoms with E-state index in [1.165, 1.54) is 52.6 Å². The maximum atomic E-state index is 13.1. The van der Waals surface area contributed by atoms with Crippen LogP contribution in [0.4, 0.5) is 0 Å². The summed E-state index contributed by atoms with van der Waals surface area (Å²) in [4.78, 5) is 25.8. The van der Waals surface area contributed by atoms with Gasteiger partial charge in [0, 0.05) is 29.3 Å². The molecule has 1 aliphatic rings. The van der Waals surface area contributed by atoms with Crippen LogP contribution in [0, 0.1) is 0 Å². The van der Waals surface area contributed by atoms with Crippen LogP contribution in [0.1, 0.15) is 13.8 Å². The lowest BCUT2D eigenvalue weighted by molar-refractivity contribution is -0.122. The third kappa shape index (κ3) is 4.08. The molecule has 10 heteroatoms. The van der Waals surface area contributed by atoms with Crippen molar-refractivity contribution in [3.63, 3.8) is 0 Å². The summed E-state index contributed by atoms with van der Waals surface area (Å²) in [6.07, 6.45) is 1.45. The van der Waals surface area contributed by atoms with Crippen molar-refractivity contribution in [1.29, 1.82) is 0 Å². The van der Waals surface area contributed by atoms with Gasteiger partial charge in [0.1, 0.15) is 17.5 Å². The molecule has 0 aliphatic carbocycles. The molecular weight excluding hydrogens is 402 g/mol. The Kier molecular flexibility index (Phi) is 5.55. The second-order valence-corrected chi connectivity index (χ2v) is 10.5. The molecule has 2 aromatic rings. The second-order valence-electron chi connectivity index (χ2n) is 6.83. The fraction of sp³-hybridized carbons (Fsp3) is 0.333. The minimum absolute atomic E-state index is 0.0414. The number of nitrogens with two attached hydrogens (primary N) is 1. The number of benzene rings is 1. The first-order valence-corrected chi connectivity index (χ1v) is 11.0. The van der Waals surface area contributed by atoms with E-state index in [1.807, 2.05) is 13.8 Å². The van der Waals surface area contributed by atoms with Gasteiger partial charge in [-0.3, -0.25) is 9.59 Å². The Labute approximate surface area is 167 Å². The first-order valence-electron chi connectivity index (χ1n) is 8.53. The van der Waals surface area contributed by atoms with Gasteiger partial charge in [0.2, 0.25) is 15.9 Å². The van der Waals surface area contributed by atoms with Gasteiger partial charge in [-0.1, -0.05) is 0 Å². The van der Waals surface area contributed by atoms with Gasteiger partial charge in [-0.15, -0.1) is 0 Å². The Morgan fingerprint density at radius 1 is 1.25 bits per heavy atom. The molecule has 1 amide bonds. The van der Waals surface area contributed by atoms with Crippen molar-refractivity contribution in [3.05, 3.63) is 52.9 Å². The molecule has 8 nitrogen and oxygen atoms in total. The van der Waals surface area contributed by atoms with Crippen LogP contribution in [0.15, 0.2) is 52.3 Å². The molecule has 28 heavy (non-hydrogen) atoms. The highest BCUT2D eigenvalue weighted by molar-refractivity contribution is 8.00. The summed E-state index contributed by atoms with van der Waals surface area (Å²) in [5.74, 6) is 0.614. The molecule has 1 saturated heterocycles. The number of rotatable bonds is 5. The predicted octanol–water partition coefficient (Wildman–Crippen LogP) is 1.54. The average molecular weight is 424 g/mol. The number of carbonyl (C=O) groups excluding carboxylic acids is 1. The van der Waals surface area contributed by atoms with E-state index in [0.717, 1.165) is 0 Å². The number of carbonyl (C=O) groups is 1. The van der Waals surface area contributed by atoms with E-state index >= 15 is 0 Å². The quantitative estimate of drug-likeness (QED) is 0.752. The fourth-order valence-electron chi connectivity index (χ4n) is 3.14. The Bertz CT molecular complexity index is 1030. The Balaban J connectivity index is 1.87. The minimum atomic E-state index is -3.91. The number of nitrogens with one attached hydrogen (secondary N) is 1. The highest BCUT2D eigenvalue weighted by Gasteiger charge is 2.47. The lowest BCUT2D eigenvalue weighted by Gasteiger charge is -2.43. The molecule has 2 heterocycles. The second kappa shape index (κ2) is 7.61. The zero-order valence-electron chi connectivity index (χ0n) is 15.4. The van der Waals surface area contributed by atoms with Crippen LogP contribution in [0.25, 0.3) is 0 Å². The number of hydrogen-bond acceptors (Lipinski definition) is 6. The molecule has 3 rings (SSSR count). The lowest BCUT2D eigenvalue weighted by atomic mass is 10.0. The SMILES string of the molecule is CC1(C)SCCN(S(=O)(=O)c2ccc(Oc3cc[nH]c(=O)c3)cc2)C1C(N)=O. The number of thioether (sulfide) groups is 1. The summed E-state index contributed by atoms with van der Waals surface area (Å²) in [5.41, 5.74) is 5.22. The van der Waals surface area contributed by atoms with Crippen LogP contribution in [0.2, 0.25) is 0 Å². The first kappa shape index (κ1) is 20.4. The third-order valence-electron chi connectivity index (χ3n) is 4.41. The maximum Gasteiger partial charge on any atom is 0.251 e. The lowest BCUT2D eigenvalue weighted by Crippen LogP contribution is -2.60. The summed E-state index contributed by atoms with van der Waals surface area (Å²) in [6.45, 7) is 3.83. The molecule has 0 saturated carbocycles. The van der Waals surface area contributed by atoms with Crippen molar-refractivity contribution >= 4 is 27.7 Å². The number of aromatic nitrogens is 1. The smallest absolute Gasteiger partial charge is 0.251 e. The number of nitrogens with zero attached hydrogens (tertiary/aromatic N) is 1. The van der Waals surface area contributed by atoms with Gasteiger partial charge < -0.3 is 15.5 Å². The number of hydrogen-bond donors (Lipinski definition) is 2. The summed E-state index contributed by atoms with van der Waals surface area (Å²) in [6, 6.07) is 7.74. The number of amides is 1. The van der Waals surface area contributed by atoms with Crippen molar-refractivity contribution in [2.75, 3.05) is 12.3 Å². The van der Waals surface area contributed by atoms with Crippen LogP contribution in [0.5, 0.6) is 11.5 Å². The van der Waals surface area contributed by atoms with Gasteiger partial charge in [0.25, 0.3) is 5.56 Å². The molecule has 0 spiro atoms. The van der Waals surface area contributed by atoms with Crippen LogP contribution in [0.3, 0.4) is 0 Å². The summed E-state index contributed by atoms with van der Waals surface area (Å²) < 4.78 is 32.4. The van der Waals surface area contributed by atoms with Gasteiger partial charge in [-0.25, -0.2) is 8.42 Å². The largest absolute Gasteiger partial charge is 0.457 e. The molecular formula is C18H21N3O5S2. The van der Waals surface area contributed by atoms with E-state index < -0.39 is 26.7 Å². The van der Waals surface area contributed by atoms with Crippen molar-refractivity contribution in [1.82, 2.24) is 9.29 Å². The minimum Gasteiger partial charge on any atom is -0.457 e. The molecule has 1 unspecified atom stereocenters. The van der Waals surface area contributed by atoms with E-state index in [1.54, 1.807) is 6.07 Å². The maximum absolute atomic E-state index is 13.1.